The highest BCUT2D eigenvalue weighted by molar-refractivity contribution is 5.75. The smallest absolute Gasteiger partial charge is 0.0850 e. The van der Waals surface area contributed by atoms with Crippen molar-refractivity contribution in [3.05, 3.63) is 23.3 Å². The van der Waals surface area contributed by atoms with Gasteiger partial charge in [0, 0.05) is 0 Å². The van der Waals surface area contributed by atoms with Crippen LogP contribution in [-0.2, 0) is 6.42 Å². The van der Waals surface area contributed by atoms with Crippen LogP contribution in [0.1, 0.15) is 18.1 Å². The maximum Gasteiger partial charge on any atom is 0.0850 e. The lowest BCUT2D eigenvalue weighted by Gasteiger charge is -2.06. The van der Waals surface area contributed by atoms with Crippen LogP contribution in [0.5, 0.6) is 0 Å². The van der Waals surface area contributed by atoms with E-state index in [0.29, 0.717) is 0 Å². The van der Waals surface area contributed by atoms with Gasteiger partial charge in [0.05, 0.1) is 18.0 Å². The Hall–Kier alpha value is -1.18. The summed E-state index contributed by atoms with van der Waals surface area (Å²) in [7, 11) is 0. The van der Waals surface area contributed by atoms with Crippen molar-refractivity contribution in [3.8, 4) is 0 Å². The van der Waals surface area contributed by atoms with Gasteiger partial charge in [0.25, 0.3) is 0 Å². The average Bonchev–Trinajstić information content (AvgIpc) is 2.49. The Labute approximate surface area is 73.0 Å². The maximum absolute atomic E-state index is 3.29. The van der Waals surface area contributed by atoms with Crippen LogP contribution in [0, 0.1) is 6.92 Å². The summed E-state index contributed by atoms with van der Waals surface area (Å²) >= 11 is 0. The van der Waals surface area contributed by atoms with Crippen LogP contribution in [0.3, 0.4) is 0 Å². The topological polar surface area (TPSA) is 24.1 Å². The Bertz CT molecular complexity index is 304. The van der Waals surface area contributed by atoms with E-state index in [1.807, 2.05) is 0 Å². The summed E-state index contributed by atoms with van der Waals surface area (Å²) in [5.74, 6) is 0. The molecule has 0 spiro atoms. The minimum atomic E-state index is 0.863. The van der Waals surface area contributed by atoms with Crippen molar-refractivity contribution in [1.29, 1.82) is 0 Å². The molecule has 0 aliphatic carbocycles. The SMILES string of the molecule is CCc1cc2c(cc1C)NCN2. The third-order valence-corrected chi connectivity index (χ3v) is 2.41. The first kappa shape index (κ1) is 7.47. The van der Waals surface area contributed by atoms with E-state index in [-0.39, 0.29) is 0 Å². The molecule has 1 aromatic rings. The fourth-order valence-electron chi connectivity index (χ4n) is 1.66. The predicted molar refractivity (Wildman–Crippen MR) is 52.7 cm³/mol. The van der Waals surface area contributed by atoms with E-state index in [2.05, 4.69) is 36.6 Å². The molecule has 1 aliphatic rings. The van der Waals surface area contributed by atoms with E-state index in [1.54, 1.807) is 0 Å². The predicted octanol–water partition coefficient (Wildman–Crippen LogP) is 2.35. The molecule has 1 aliphatic heterocycles. The Kier molecular flexibility index (Phi) is 1.68. The lowest BCUT2D eigenvalue weighted by molar-refractivity contribution is 1.11. The van der Waals surface area contributed by atoms with Crippen LogP contribution in [-0.4, -0.2) is 6.67 Å². The van der Waals surface area contributed by atoms with Crippen molar-refractivity contribution in [2.75, 3.05) is 17.3 Å². The van der Waals surface area contributed by atoms with Crippen LogP contribution < -0.4 is 10.6 Å². The zero-order valence-corrected chi connectivity index (χ0v) is 7.57. The molecule has 2 heteroatoms. The first-order chi connectivity index (χ1) is 5.81. The normalized spacial score (nSPS) is 13.5. The molecule has 0 unspecified atom stereocenters. The molecule has 1 heterocycles. The van der Waals surface area contributed by atoms with Gasteiger partial charge in [0.1, 0.15) is 0 Å². The number of hydrogen-bond acceptors (Lipinski definition) is 2. The van der Waals surface area contributed by atoms with Gasteiger partial charge in [-0.05, 0) is 36.6 Å². The third kappa shape index (κ3) is 1.04. The number of fused-ring (bicyclic) bond motifs is 1. The fourth-order valence-corrected chi connectivity index (χ4v) is 1.66. The van der Waals surface area contributed by atoms with Crippen molar-refractivity contribution in [2.45, 2.75) is 20.3 Å². The molecule has 1 aromatic carbocycles. The molecular weight excluding hydrogens is 148 g/mol. The maximum atomic E-state index is 3.29. The highest BCUT2D eigenvalue weighted by Gasteiger charge is 2.10. The summed E-state index contributed by atoms with van der Waals surface area (Å²) in [5.41, 5.74) is 5.31. The van der Waals surface area contributed by atoms with Crippen LogP contribution in [0.15, 0.2) is 12.1 Å². The molecule has 0 atom stereocenters. The molecule has 0 aromatic heterocycles. The molecule has 2 rings (SSSR count). The molecule has 0 fully saturated rings. The van der Waals surface area contributed by atoms with Gasteiger partial charge in [0.15, 0.2) is 0 Å². The second kappa shape index (κ2) is 2.70. The molecule has 0 saturated carbocycles. The second-order valence-electron chi connectivity index (χ2n) is 3.21. The van der Waals surface area contributed by atoms with Crippen molar-refractivity contribution in [1.82, 2.24) is 0 Å². The van der Waals surface area contributed by atoms with Gasteiger partial charge in [0.2, 0.25) is 0 Å². The number of anilines is 2. The van der Waals surface area contributed by atoms with E-state index in [1.165, 1.54) is 22.5 Å². The van der Waals surface area contributed by atoms with Gasteiger partial charge < -0.3 is 10.6 Å². The summed E-state index contributed by atoms with van der Waals surface area (Å²) in [6.07, 6.45) is 1.11. The molecule has 2 nitrogen and oxygen atoms in total. The van der Waals surface area contributed by atoms with E-state index < -0.39 is 0 Å². The summed E-state index contributed by atoms with van der Waals surface area (Å²) in [6.45, 7) is 5.22. The van der Waals surface area contributed by atoms with Crippen molar-refractivity contribution in [2.24, 2.45) is 0 Å². The molecule has 0 amide bonds. The summed E-state index contributed by atoms with van der Waals surface area (Å²) < 4.78 is 0. The number of aryl methyl sites for hydroxylation is 2. The minimum Gasteiger partial charge on any atom is -0.366 e. The van der Waals surface area contributed by atoms with E-state index in [9.17, 15) is 0 Å². The zero-order valence-electron chi connectivity index (χ0n) is 7.57. The molecule has 0 saturated heterocycles. The molecule has 0 radical (unpaired) electrons. The summed E-state index contributed by atoms with van der Waals surface area (Å²) in [5, 5.41) is 6.57. The Morgan fingerprint density at radius 2 is 1.92 bits per heavy atom. The number of nitrogens with one attached hydrogen (secondary N) is 2. The minimum absolute atomic E-state index is 0.863. The lowest BCUT2D eigenvalue weighted by Crippen LogP contribution is -1.98. The van der Waals surface area contributed by atoms with E-state index in [0.717, 1.165) is 13.1 Å². The third-order valence-electron chi connectivity index (χ3n) is 2.41. The number of hydrogen-bond donors (Lipinski definition) is 2. The highest BCUT2D eigenvalue weighted by Crippen LogP contribution is 2.29. The largest absolute Gasteiger partial charge is 0.366 e. The van der Waals surface area contributed by atoms with Gasteiger partial charge in [-0.2, -0.15) is 0 Å². The van der Waals surface area contributed by atoms with Gasteiger partial charge >= 0.3 is 0 Å². The second-order valence-corrected chi connectivity index (χ2v) is 3.21. The molecule has 2 N–H and O–H groups in total. The first-order valence-corrected chi connectivity index (χ1v) is 4.42. The van der Waals surface area contributed by atoms with E-state index in [4.69, 9.17) is 0 Å². The molecule has 64 valence electrons. The first-order valence-electron chi connectivity index (χ1n) is 4.42. The molecular formula is C10H14N2. The van der Waals surface area contributed by atoms with Crippen molar-refractivity contribution >= 4 is 11.4 Å². The highest BCUT2D eigenvalue weighted by atomic mass is 15.1. The van der Waals surface area contributed by atoms with E-state index >= 15 is 0 Å². The van der Waals surface area contributed by atoms with Crippen LogP contribution in [0.25, 0.3) is 0 Å². The van der Waals surface area contributed by atoms with Gasteiger partial charge in [-0.1, -0.05) is 6.92 Å². The number of benzene rings is 1. The fraction of sp³-hybridized carbons (Fsp3) is 0.400. The molecule has 12 heavy (non-hydrogen) atoms. The van der Waals surface area contributed by atoms with Crippen LogP contribution in [0.4, 0.5) is 11.4 Å². The van der Waals surface area contributed by atoms with Crippen LogP contribution >= 0.6 is 0 Å². The van der Waals surface area contributed by atoms with Crippen LogP contribution in [0.2, 0.25) is 0 Å². The lowest BCUT2D eigenvalue weighted by atomic mass is 10.0. The van der Waals surface area contributed by atoms with Crippen molar-refractivity contribution in [3.63, 3.8) is 0 Å². The monoisotopic (exact) mass is 162 g/mol. The molecule has 0 bridgehead atoms. The van der Waals surface area contributed by atoms with Gasteiger partial charge in [-0.3, -0.25) is 0 Å². The summed E-state index contributed by atoms with van der Waals surface area (Å²) in [6, 6.07) is 4.46. The van der Waals surface area contributed by atoms with Gasteiger partial charge in [-0.25, -0.2) is 0 Å². The average molecular weight is 162 g/mol. The zero-order chi connectivity index (χ0) is 8.55. The van der Waals surface area contributed by atoms with Gasteiger partial charge in [-0.15, -0.1) is 0 Å². The summed E-state index contributed by atoms with van der Waals surface area (Å²) in [4.78, 5) is 0. The standard InChI is InChI=1S/C10H14N2/c1-3-8-5-10-9(4-7(8)2)11-6-12-10/h4-5,11-12H,3,6H2,1-2H3. The Balaban J connectivity index is 2.49. The van der Waals surface area contributed by atoms with Crippen molar-refractivity contribution < 1.29 is 0 Å². The Morgan fingerprint density at radius 3 is 2.58 bits per heavy atom. The Morgan fingerprint density at radius 1 is 1.25 bits per heavy atom. The quantitative estimate of drug-likeness (QED) is 0.662. The number of rotatable bonds is 1.